The van der Waals surface area contributed by atoms with Crippen LogP contribution in [0.1, 0.15) is 12.0 Å². The molecule has 0 spiro atoms. The molecule has 1 atom stereocenters. The lowest BCUT2D eigenvalue weighted by Gasteiger charge is -2.12. The number of carboxylic acid groups (broad SMARTS) is 2. The topological polar surface area (TPSA) is 104 Å². The molecule has 0 bridgehead atoms. The van der Waals surface area contributed by atoms with Gasteiger partial charge in [0.25, 0.3) is 0 Å². The number of nitrogens with one attached hydrogen (secondary N) is 1. The van der Waals surface area contributed by atoms with Gasteiger partial charge in [0.2, 0.25) is 5.91 Å². The number of benzene rings is 1. The molecule has 0 radical (unpaired) electrons. The third kappa shape index (κ3) is 6.75. The van der Waals surface area contributed by atoms with E-state index in [0.29, 0.717) is 5.75 Å². The third-order valence-electron chi connectivity index (χ3n) is 2.43. The fourth-order valence-electron chi connectivity index (χ4n) is 1.45. The highest BCUT2D eigenvalue weighted by atomic mass is 32.2. The van der Waals surface area contributed by atoms with Gasteiger partial charge in [0.05, 0.1) is 12.2 Å². The van der Waals surface area contributed by atoms with Crippen LogP contribution in [0.25, 0.3) is 0 Å². The van der Waals surface area contributed by atoms with Crippen molar-refractivity contribution in [3.8, 4) is 0 Å². The van der Waals surface area contributed by atoms with Crippen LogP contribution in [0.5, 0.6) is 0 Å². The van der Waals surface area contributed by atoms with E-state index in [4.69, 9.17) is 10.2 Å². The van der Waals surface area contributed by atoms with Gasteiger partial charge >= 0.3 is 11.9 Å². The van der Waals surface area contributed by atoms with Crippen molar-refractivity contribution in [1.29, 1.82) is 0 Å². The number of hydrogen-bond acceptors (Lipinski definition) is 4. The lowest BCUT2D eigenvalue weighted by Crippen LogP contribution is -2.43. The summed E-state index contributed by atoms with van der Waals surface area (Å²) in [4.78, 5) is 32.8. The number of rotatable bonds is 8. The van der Waals surface area contributed by atoms with Crippen molar-refractivity contribution in [2.75, 3.05) is 5.75 Å². The summed E-state index contributed by atoms with van der Waals surface area (Å²) in [5.74, 6) is -3.16. The van der Waals surface area contributed by atoms with E-state index in [0.717, 1.165) is 5.56 Å². The van der Waals surface area contributed by atoms with Gasteiger partial charge in [-0.1, -0.05) is 12.1 Å². The van der Waals surface area contributed by atoms with Crippen molar-refractivity contribution >= 4 is 29.6 Å². The van der Waals surface area contributed by atoms with Gasteiger partial charge in [-0.15, -0.1) is 11.8 Å². The van der Waals surface area contributed by atoms with Gasteiger partial charge in [-0.05, 0) is 17.7 Å². The van der Waals surface area contributed by atoms with Crippen LogP contribution in [0.4, 0.5) is 4.39 Å². The summed E-state index contributed by atoms with van der Waals surface area (Å²) in [6, 6.07) is 4.35. The Bertz CT molecular complexity index is 520. The molecule has 0 fully saturated rings. The first-order chi connectivity index (χ1) is 9.88. The molecule has 0 saturated heterocycles. The number of carboxylic acids is 2. The van der Waals surface area contributed by atoms with Crippen molar-refractivity contribution < 1.29 is 29.0 Å². The highest BCUT2D eigenvalue weighted by molar-refractivity contribution is 7.99. The molecule has 0 aliphatic heterocycles. The average Bonchev–Trinajstić information content (AvgIpc) is 2.39. The summed E-state index contributed by atoms with van der Waals surface area (Å²) < 4.78 is 12.7. The molecule has 1 aromatic carbocycles. The molecule has 0 aliphatic rings. The molecule has 6 nitrogen and oxygen atoms in total. The van der Waals surface area contributed by atoms with E-state index in [1.807, 2.05) is 0 Å². The molecule has 1 amide bonds. The molecular weight excluding hydrogens is 301 g/mol. The number of amides is 1. The Morgan fingerprint density at radius 2 is 1.81 bits per heavy atom. The molecule has 21 heavy (non-hydrogen) atoms. The average molecular weight is 315 g/mol. The third-order valence-corrected chi connectivity index (χ3v) is 3.43. The number of aliphatic carboxylic acids is 2. The molecule has 0 saturated carbocycles. The number of thioether (sulfide) groups is 1. The zero-order valence-corrected chi connectivity index (χ0v) is 11.7. The quantitative estimate of drug-likeness (QED) is 0.664. The molecule has 0 aromatic heterocycles. The first kappa shape index (κ1) is 17.0. The minimum Gasteiger partial charge on any atom is -0.481 e. The second-order valence-electron chi connectivity index (χ2n) is 4.18. The molecule has 0 aliphatic carbocycles. The standard InChI is InChI=1S/C13H14FNO5S/c14-9-3-1-8(2-4-9)6-21-7-11(16)15-10(13(19)20)5-12(17)18/h1-4,10H,5-7H2,(H,15,16)(H,17,18)(H,19,20). The summed E-state index contributed by atoms with van der Waals surface area (Å²) >= 11 is 1.22. The van der Waals surface area contributed by atoms with E-state index < -0.39 is 30.3 Å². The molecule has 0 heterocycles. The van der Waals surface area contributed by atoms with Crippen LogP contribution in [-0.2, 0) is 20.1 Å². The maximum Gasteiger partial charge on any atom is 0.326 e. The molecular formula is C13H14FNO5S. The van der Waals surface area contributed by atoms with Crippen molar-refractivity contribution in [3.05, 3.63) is 35.6 Å². The fraction of sp³-hybridized carbons (Fsp3) is 0.308. The second-order valence-corrected chi connectivity index (χ2v) is 5.16. The predicted molar refractivity (Wildman–Crippen MR) is 74.4 cm³/mol. The fourth-order valence-corrected chi connectivity index (χ4v) is 2.25. The Hall–Kier alpha value is -2.09. The van der Waals surface area contributed by atoms with E-state index >= 15 is 0 Å². The zero-order chi connectivity index (χ0) is 15.8. The van der Waals surface area contributed by atoms with Crippen molar-refractivity contribution in [2.45, 2.75) is 18.2 Å². The van der Waals surface area contributed by atoms with Gasteiger partial charge in [-0.3, -0.25) is 9.59 Å². The summed E-state index contributed by atoms with van der Waals surface area (Å²) in [5, 5.41) is 19.5. The molecule has 1 rings (SSSR count). The van der Waals surface area contributed by atoms with Gasteiger partial charge in [0.15, 0.2) is 0 Å². The first-order valence-electron chi connectivity index (χ1n) is 5.94. The Kier molecular flexibility index (Phi) is 6.67. The molecule has 114 valence electrons. The Morgan fingerprint density at radius 3 is 2.33 bits per heavy atom. The number of halogens is 1. The first-order valence-corrected chi connectivity index (χ1v) is 7.10. The lowest BCUT2D eigenvalue weighted by molar-refractivity contribution is -0.147. The largest absolute Gasteiger partial charge is 0.481 e. The summed E-state index contributed by atoms with van der Waals surface area (Å²) in [7, 11) is 0. The number of carbonyl (C=O) groups is 3. The van der Waals surface area contributed by atoms with E-state index in [9.17, 15) is 18.8 Å². The van der Waals surface area contributed by atoms with Crippen LogP contribution in [0, 0.1) is 5.82 Å². The van der Waals surface area contributed by atoms with Crippen molar-refractivity contribution in [1.82, 2.24) is 5.32 Å². The maximum absolute atomic E-state index is 12.7. The van der Waals surface area contributed by atoms with Crippen LogP contribution in [0.3, 0.4) is 0 Å². The van der Waals surface area contributed by atoms with Crippen LogP contribution in [-0.4, -0.2) is 39.9 Å². The SMILES string of the molecule is O=C(O)CC(NC(=O)CSCc1ccc(F)cc1)C(=O)O. The Morgan fingerprint density at radius 1 is 1.19 bits per heavy atom. The Balaban J connectivity index is 2.37. The van der Waals surface area contributed by atoms with E-state index in [-0.39, 0.29) is 11.6 Å². The second kappa shape index (κ2) is 8.25. The number of hydrogen-bond donors (Lipinski definition) is 3. The monoisotopic (exact) mass is 315 g/mol. The summed E-state index contributed by atoms with van der Waals surface area (Å²) in [6.07, 6.45) is -0.677. The minimum atomic E-state index is -1.44. The minimum absolute atomic E-state index is 0.0131. The van der Waals surface area contributed by atoms with Crippen LogP contribution < -0.4 is 5.32 Å². The van der Waals surface area contributed by atoms with Crippen molar-refractivity contribution in [2.24, 2.45) is 0 Å². The summed E-state index contributed by atoms with van der Waals surface area (Å²) in [5.41, 5.74) is 0.828. The van der Waals surface area contributed by atoms with Gasteiger partial charge in [-0.2, -0.15) is 0 Å². The van der Waals surface area contributed by atoms with Crippen LogP contribution >= 0.6 is 11.8 Å². The highest BCUT2D eigenvalue weighted by Crippen LogP contribution is 2.12. The Labute approximate surface area is 124 Å². The predicted octanol–water partition coefficient (Wildman–Crippen LogP) is 1.10. The van der Waals surface area contributed by atoms with Gasteiger partial charge in [0.1, 0.15) is 11.9 Å². The summed E-state index contributed by atoms with van der Waals surface area (Å²) in [6.45, 7) is 0. The highest BCUT2D eigenvalue weighted by Gasteiger charge is 2.22. The van der Waals surface area contributed by atoms with E-state index in [1.165, 1.54) is 23.9 Å². The van der Waals surface area contributed by atoms with Crippen LogP contribution in [0.2, 0.25) is 0 Å². The van der Waals surface area contributed by atoms with Gasteiger partial charge in [-0.25, -0.2) is 9.18 Å². The lowest BCUT2D eigenvalue weighted by atomic mass is 10.2. The van der Waals surface area contributed by atoms with Crippen molar-refractivity contribution in [3.63, 3.8) is 0 Å². The maximum atomic E-state index is 12.7. The smallest absolute Gasteiger partial charge is 0.326 e. The van der Waals surface area contributed by atoms with E-state index in [2.05, 4.69) is 5.32 Å². The molecule has 8 heteroatoms. The van der Waals surface area contributed by atoms with Gasteiger partial charge < -0.3 is 15.5 Å². The van der Waals surface area contributed by atoms with Crippen LogP contribution in [0.15, 0.2) is 24.3 Å². The molecule has 3 N–H and O–H groups in total. The van der Waals surface area contributed by atoms with E-state index in [1.54, 1.807) is 12.1 Å². The normalized spacial score (nSPS) is 11.7. The zero-order valence-electron chi connectivity index (χ0n) is 10.9. The van der Waals surface area contributed by atoms with Gasteiger partial charge in [0, 0.05) is 5.75 Å². The molecule has 1 unspecified atom stereocenters. The number of carbonyl (C=O) groups excluding carboxylic acids is 1. The molecule has 1 aromatic rings.